The number of hydrogen-bond donors (Lipinski definition) is 1. The van der Waals surface area contributed by atoms with Gasteiger partial charge in [0.25, 0.3) is 0 Å². The second-order valence-electron chi connectivity index (χ2n) is 6.13. The van der Waals surface area contributed by atoms with Crippen LogP contribution in [0.15, 0.2) is 24.4 Å². The SMILES string of the molecule is CCn1ncc2ccc(C3CCC(C(C)O)CC3)cc21. The molecule has 1 aromatic carbocycles. The lowest BCUT2D eigenvalue weighted by atomic mass is 9.77. The van der Waals surface area contributed by atoms with Crippen molar-refractivity contribution in [3.05, 3.63) is 30.0 Å². The normalized spacial score (nSPS) is 24.9. The van der Waals surface area contributed by atoms with Crippen molar-refractivity contribution >= 4 is 10.9 Å². The van der Waals surface area contributed by atoms with Gasteiger partial charge in [0.05, 0.1) is 17.8 Å². The van der Waals surface area contributed by atoms with Crippen molar-refractivity contribution in [1.29, 1.82) is 0 Å². The summed E-state index contributed by atoms with van der Waals surface area (Å²) in [6.07, 6.45) is 6.48. The molecule has 1 saturated carbocycles. The van der Waals surface area contributed by atoms with Gasteiger partial charge < -0.3 is 5.11 Å². The zero-order valence-electron chi connectivity index (χ0n) is 12.4. The summed E-state index contributed by atoms with van der Waals surface area (Å²) in [7, 11) is 0. The lowest BCUT2D eigenvalue weighted by molar-refractivity contribution is 0.0967. The first kappa shape index (κ1) is 13.6. The van der Waals surface area contributed by atoms with Crippen molar-refractivity contribution in [3.63, 3.8) is 0 Å². The van der Waals surface area contributed by atoms with Crippen molar-refractivity contribution < 1.29 is 5.11 Å². The fourth-order valence-electron chi connectivity index (χ4n) is 3.53. The van der Waals surface area contributed by atoms with Crippen LogP contribution >= 0.6 is 0 Å². The zero-order valence-corrected chi connectivity index (χ0v) is 12.4. The van der Waals surface area contributed by atoms with Crippen molar-refractivity contribution in [2.75, 3.05) is 0 Å². The maximum atomic E-state index is 9.70. The van der Waals surface area contributed by atoms with E-state index in [-0.39, 0.29) is 6.10 Å². The van der Waals surface area contributed by atoms with Gasteiger partial charge in [0, 0.05) is 11.9 Å². The number of aliphatic hydroxyl groups is 1. The molecule has 1 unspecified atom stereocenters. The molecule has 1 heterocycles. The highest BCUT2D eigenvalue weighted by Crippen LogP contribution is 2.37. The number of aryl methyl sites for hydroxylation is 1. The van der Waals surface area contributed by atoms with E-state index in [0.29, 0.717) is 11.8 Å². The molecular formula is C17H24N2O. The highest BCUT2D eigenvalue weighted by atomic mass is 16.3. The van der Waals surface area contributed by atoms with Gasteiger partial charge in [-0.1, -0.05) is 12.1 Å². The van der Waals surface area contributed by atoms with Crippen molar-refractivity contribution in [2.24, 2.45) is 5.92 Å². The molecule has 2 aromatic rings. The first-order chi connectivity index (χ1) is 9.69. The third-order valence-electron chi connectivity index (χ3n) is 4.89. The Morgan fingerprint density at radius 1 is 1.30 bits per heavy atom. The van der Waals surface area contributed by atoms with Gasteiger partial charge in [-0.2, -0.15) is 5.10 Å². The largest absolute Gasteiger partial charge is 0.393 e. The summed E-state index contributed by atoms with van der Waals surface area (Å²) in [5.74, 6) is 1.14. The number of aliphatic hydroxyl groups excluding tert-OH is 1. The zero-order chi connectivity index (χ0) is 14.1. The van der Waals surface area contributed by atoms with Crippen LogP contribution in [0.2, 0.25) is 0 Å². The number of aromatic nitrogens is 2. The second-order valence-corrected chi connectivity index (χ2v) is 6.13. The standard InChI is InChI=1S/C17H24N2O/c1-3-19-17-10-15(8-9-16(17)11-18-19)14-6-4-13(5-7-14)12(2)20/h8-14,20H,3-7H2,1-2H3. The molecule has 0 saturated heterocycles. The fourth-order valence-corrected chi connectivity index (χ4v) is 3.53. The van der Waals surface area contributed by atoms with Crippen molar-refractivity contribution in [1.82, 2.24) is 9.78 Å². The van der Waals surface area contributed by atoms with Gasteiger partial charge in [0.2, 0.25) is 0 Å². The van der Waals surface area contributed by atoms with E-state index in [1.165, 1.54) is 29.3 Å². The Bertz CT molecular complexity index is 580. The van der Waals surface area contributed by atoms with E-state index in [9.17, 15) is 5.11 Å². The van der Waals surface area contributed by atoms with Crippen LogP contribution in [-0.2, 0) is 6.54 Å². The minimum Gasteiger partial charge on any atom is -0.393 e. The third kappa shape index (κ3) is 2.47. The summed E-state index contributed by atoms with van der Waals surface area (Å²) < 4.78 is 2.07. The van der Waals surface area contributed by atoms with Gasteiger partial charge in [0.15, 0.2) is 0 Å². The lowest BCUT2D eigenvalue weighted by Crippen LogP contribution is -2.22. The van der Waals surface area contributed by atoms with Crippen LogP contribution in [0.1, 0.15) is 51.0 Å². The summed E-state index contributed by atoms with van der Waals surface area (Å²) in [5.41, 5.74) is 2.69. The first-order valence-corrected chi connectivity index (χ1v) is 7.82. The van der Waals surface area contributed by atoms with Crippen LogP contribution in [-0.4, -0.2) is 21.0 Å². The van der Waals surface area contributed by atoms with E-state index in [4.69, 9.17) is 0 Å². The molecule has 3 rings (SSSR count). The molecule has 0 radical (unpaired) electrons. The minimum atomic E-state index is -0.153. The van der Waals surface area contributed by atoms with E-state index < -0.39 is 0 Å². The van der Waals surface area contributed by atoms with E-state index in [1.54, 1.807) is 0 Å². The third-order valence-corrected chi connectivity index (χ3v) is 4.89. The number of hydrogen-bond acceptors (Lipinski definition) is 2. The quantitative estimate of drug-likeness (QED) is 0.925. The molecule has 3 heteroatoms. The molecule has 0 spiro atoms. The van der Waals surface area contributed by atoms with Crippen LogP contribution < -0.4 is 0 Å². The predicted octanol–water partition coefficient (Wildman–Crippen LogP) is 3.71. The molecule has 108 valence electrons. The lowest BCUT2D eigenvalue weighted by Gasteiger charge is -2.30. The van der Waals surface area contributed by atoms with Gasteiger partial charge in [-0.25, -0.2) is 0 Å². The molecule has 20 heavy (non-hydrogen) atoms. The van der Waals surface area contributed by atoms with Gasteiger partial charge >= 0.3 is 0 Å². The Labute approximate surface area is 120 Å². The molecule has 0 aliphatic heterocycles. The number of rotatable bonds is 3. The van der Waals surface area contributed by atoms with Gasteiger partial charge in [-0.05, 0) is 63.0 Å². The second kappa shape index (κ2) is 5.57. The number of nitrogens with zero attached hydrogens (tertiary/aromatic N) is 2. The summed E-state index contributed by atoms with van der Waals surface area (Å²) in [6.45, 7) is 4.98. The maximum Gasteiger partial charge on any atom is 0.0685 e. The smallest absolute Gasteiger partial charge is 0.0685 e. The molecule has 0 bridgehead atoms. The van der Waals surface area contributed by atoms with E-state index in [1.807, 2.05) is 13.1 Å². The molecule has 1 aliphatic rings. The number of benzene rings is 1. The van der Waals surface area contributed by atoms with E-state index >= 15 is 0 Å². The van der Waals surface area contributed by atoms with Crippen LogP contribution in [0.3, 0.4) is 0 Å². The monoisotopic (exact) mass is 272 g/mol. The van der Waals surface area contributed by atoms with Crippen LogP contribution in [0.5, 0.6) is 0 Å². The van der Waals surface area contributed by atoms with Crippen LogP contribution in [0.4, 0.5) is 0 Å². The van der Waals surface area contributed by atoms with Gasteiger partial charge in [-0.15, -0.1) is 0 Å². The first-order valence-electron chi connectivity index (χ1n) is 7.82. The highest BCUT2D eigenvalue weighted by molar-refractivity contribution is 5.79. The Balaban J connectivity index is 1.81. The fraction of sp³-hybridized carbons (Fsp3) is 0.588. The maximum absolute atomic E-state index is 9.70. The van der Waals surface area contributed by atoms with Crippen molar-refractivity contribution in [3.8, 4) is 0 Å². The Hall–Kier alpha value is -1.35. The Morgan fingerprint density at radius 2 is 2.05 bits per heavy atom. The van der Waals surface area contributed by atoms with Gasteiger partial charge in [-0.3, -0.25) is 4.68 Å². The summed E-state index contributed by atoms with van der Waals surface area (Å²) in [4.78, 5) is 0. The molecule has 1 atom stereocenters. The molecule has 1 aliphatic carbocycles. The highest BCUT2D eigenvalue weighted by Gasteiger charge is 2.25. The molecule has 1 N–H and O–H groups in total. The Morgan fingerprint density at radius 3 is 2.70 bits per heavy atom. The minimum absolute atomic E-state index is 0.153. The molecule has 0 amide bonds. The molecular weight excluding hydrogens is 248 g/mol. The van der Waals surface area contributed by atoms with E-state index in [2.05, 4.69) is 34.9 Å². The topological polar surface area (TPSA) is 38.0 Å². The average Bonchev–Trinajstić information content (AvgIpc) is 2.89. The van der Waals surface area contributed by atoms with Crippen LogP contribution in [0.25, 0.3) is 10.9 Å². The van der Waals surface area contributed by atoms with Gasteiger partial charge in [0.1, 0.15) is 0 Å². The summed E-state index contributed by atoms with van der Waals surface area (Å²) in [6, 6.07) is 6.78. The number of fused-ring (bicyclic) bond motifs is 1. The molecule has 1 aromatic heterocycles. The predicted molar refractivity (Wildman–Crippen MR) is 81.8 cm³/mol. The molecule has 1 fully saturated rings. The molecule has 3 nitrogen and oxygen atoms in total. The Kier molecular flexibility index (Phi) is 3.79. The summed E-state index contributed by atoms with van der Waals surface area (Å²) >= 11 is 0. The van der Waals surface area contributed by atoms with E-state index in [0.717, 1.165) is 19.4 Å². The van der Waals surface area contributed by atoms with Crippen LogP contribution in [0, 0.1) is 5.92 Å². The summed E-state index contributed by atoms with van der Waals surface area (Å²) in [5, 5.41) is 15.4. The average molecular weight is 272 g/mol. The van der Waals surface area contributed by atoms with Crippen molar-refractivity contribution in [2.45, 2.75) is 58.1 Å².